The molecule has 2 aromatic carbocycles. The Hall–Kier alpha value is -2.70. The number of nitrogens with zero attached hydrogens (tertiary/aromatic N) is 2. The second kappa shape index (κ2) is 8.20. The summed E-state index contributed by atoms with van der Waals surface area (Å²) in [5.74, 6) is -0.700. The van der Waals surface area contributed by atoms with Gasteiger partial charge in [0.15, 0.2) is 11.4 Å². The first kappa shape index (κ1) is 20.6. The van der Waals surface area contributed by atoms with E-state index in [9.17, 15) is 14.7 Å². The maximum absolute atomic E-state index is 13.2. The summed E-state index contributed by atoms with van der Waals surface area (Å²) in [4.78, 5) is 27.8. The number of anilines is 1. The summed E-state index contributed by atoms with van der Waals surface area (Å²) >= 11 is 3.42. The molecule has 30 heavy (non-hydrogen) atoms. The number of fused-ring (bicyclic) bond motifs is 1. The highest BCUT2D eigenvalue weighted by Gasteiger charge is 2.50. The highest BCUT2D eigenvalue weighted by Crippen LogP contribution is 2.44. The van der Waals surface area contributed by atoms with E-state index >= 15 is 0 Å². The van der Waals surface area contributed by atoms with Crippen LogP contribution >= 0.6 is 15.9 Å². The molecule has 2 heterocycles. The molecular formula is C24H23BrN2O3. The van der Waals surface area contributed by atoms with Crippen LogP contribution in [0.2, 0.25) is 0 Å². The lowest BCUT2D eigenvalue weighted by Gasteiger charge is -2.22. The van der Waals surface area contributed by atoms with Crippen molar-refractivity contribution in [3.8, 4) is 5.69 Å². The fourth-order valence-corrected chi connectivity index (χ4v) is 4.25. The van der Waals surface area contributed by atoms with Gasteiger partial charge in [-0.3, -0.25) is 9.59 Å². The number of carbonyl (C=O) groups is 2. The van der Waals surface area contributed by atoms with E-state index in [-0.39, 0.29) is 12.2 Å². The number of amides is 1. The van der Waals surface area contributed by atoms with Crippen LogP contribution in [-0.4, -0.2) is 27.9 Å². The molecule has 1 amide bonds. The zero-order chi connectivity index (χ0) is 21.3. The molecule has 0 bridgehead atoms. The molecule has 154 valence electrons. The molecule has 0 saturated heterocycles. The average Bonchev–Trinajstić information content (AvgIpc) is 3.35. The monoisotopic (exact) mass is 466 g/mol. The molecule has 0 unspecified atom stereocenters. The number of ketones is 1. The first-order valence-electron chi connectivity index (χ1n) is 10.0. The summed E-state index contributed by atoms with van der Waals surface area (Å²) in [6.45, 7) is 2.57. The lowest BCUT2D eigenvalue weighted by molar-refractivity contribution is -0.135. The SMILES string of the molecule is CCCCN1C(=O)[C@@](O)(CC(=O)c2ccc(-n3cccc3)cc2)c2cc(Br)ccc21. The van der Waals surface area contributed by atoms with Gasteiger partial charge < -0.3 is 14.6 Å². The van der Waals surface area contributed by atoms with Crippen molar-refractivity contribution < 1.29 is 14.7 Å². The van der Waals surface area contributed by atoms with Gasteiger partial charge in [0, 0.05) is 40.2 Å². The predicted molar refractivity (Wildman–Crippen MR) is 120 cm³/mol. The number of hydrogen-bond donors (Lipinski definition) is 1. The van der Waals surface area contributed by atoms with Gasteiger partial charge in [-0.15, -0.1) is 0 Å². The number of hydrogen-bond acceptors (Lipinski definition) is 3. The number of carbonyl (C=O) groups excluding carboxylic acids is 2. The fraction of sp³-hybridized carbons (Fsp3) is 0.250. The lowest BCUT2D eigenvalue weighted by Crippen LogP contribution is -2.42. The van der Waals surface area contributed by atoms with Crippen LogP contribution in [-0.2, 0) is 10.4 Å². The van der Waals surface area contributed by atoms with Crippen molar-refractivity contribution in [2.75, 3.05) is 11.4 Å². The number of halogens is 1. The molecule has 1 aliphatic rings. The summed E-state index contributed by atoms with van der Waals surface area (Å²) in [6, 6.07) is 16.4. The molecule has 3 aromatic rings. The summed E-state index contributed by atoms with van der Waals surface area (Å²) in [7, 11) is 0. The van der Waals surface area contributed by atoms with Crippen LogP contribution in [0, 0.1) is 0 Å². The second-order valence-corrected chi connectivity index (χ2v) is 8.48. The Balaban J connectivity index is 1.62. The summed E-state index contributed by atoms with van der Waals surface area (Å²) in [6.07, 6.45) is 5.32. The fourth-order valence-electron chi connectivity index (χ4n) is 3.89. The Morgan fingerprint density at radius 3 is 2.47 bits per heavy atom. The van der Waals surface area contributed by atoms with E-state index in [1.54, 1.807) is 23.1 Å². The molecule has 0 aliphatic carbocycles. The molecule has 5 nitrogen and oxygen atoms in total. The van der Waals surface area contributed by atoms with Crippen LogP contribution in [0.4, 0.5) is 5.69 Å². The zero-order valence-corrected chi connectivity index (χ0v) is 18.3. The van der Waals surface area contributed by atoms with Gasteiger partial charge in [0.1, 0.15) is 0 Å². The Kier molecular flexibility index (Phi) is 5.62. The first-order valence-corrected chi connectivity index (χ1v) is 10.8. The molecule has 0 spiro atoms. The van der Waals surface area contributed by atoms with Crippen LogP contribution in [0.3, 0.4) is 0 Å². The standard InChI is InChI=1S/C24H23BrN2O3/c1-2-3-14-27-21-11-8-18(25)15-20(21)24(30,23(27)29)16-22(28)17-6-9-19(10-7-17)26-12-4-5-13-26/h4-13,15,30H,2-3,14,16H2,1H3/t24-/m1/s1. The number of aliphatic hydroxyl groups is 1. The molecule has 4 rings (SSSR count). The van der Waals surface area contributed by atoms with Crippen molar-refractivity contribution in [2.24, 2.45) is 0 Å². The Bertz CT molecular complexity index is 1080. The number of benzene rings is 2. The third kappa shape index (κ3) is 3.61. The van der Waals surface area contributed by atoms with Gasteiger partial charge in [-0.1, -0.05) is 29.3 Å². The van der Waals surface area contributed by atoms with Crippen molar-refractivity contribution in [1.29, 1.82) is 0 Å². The molecule has 0 radical (unpaired) electrons. The number of rotatable bonds is 7. The van der Waals surface area contributed by atoms with E-state index in [0.717, 1.165) is 23.0 Å². The van der Waals surface area contributed by atoms with E-state index in [1.165, 1.54) is 0 Å². The Morgan fingerprint density at radius 2 is 1.80 bits per heavy atom. The quantitative estimate of drug-likeness (QED) is 0.506. The van der Waals surface area contributed by atoms with Crippen LogP contribution in [0.5, 0.6) is 0 Å². The van der Waals surface area contributed by atoms with Crippen LogP contribution < -0.4 is 4.90 Å². The average molecular weight is 467 g/mol. The minimum atomic E-state index is -1.86. The highest BCUT2D eigenvalue weighted by atomic mass is 79.9. The Morgan fingerprint density at radius 1 is 1.10 bits per heavy atom. The van der Waals surface area contributed by atoms with Gasteiger partial charge in [-0.2, -0.15) is 0 Å². The van der Waals surface area contributed by atoms with E-state index in [4.69, 9.17) is 0 Å². The molecule has 1 aliphatic heterocycles. The molecule has 1 atom stereocenters. The smallest absolute Gasteiger partial charge is 0.264 e. The predicted octanol–water partition coefficient (Wildman–Crippen LogP) is 4.85. The van der Waals surface area contributed by atoms with Crippen LogP contribution in [0.15, 0.2) is 71.5 Å². The van der Waals surface area contributed by atoms with Crippen LogP contribution in [0.25, 0.3) is 5.69 Å². The summed E-state index contributed by atoms with van der Waals surface area (Å²) in [5, 5.41) is 11.4. The molecule has 0 fully saturated rings. The van der Waals surface area contributed by atoms with Gasteiger partial charge in [-0.25, -0.2) is 0 Å². The van der Waals surface area contributed by atoms with E-state index in [0.29, 0.717) is 23.4 Å². The van der Waals surface area contributed by atoms with Gasteiger partial charge in [0.2, 0.25) is 0 Å². The normalized spacial score (nSPS) is 18.0. The summed E-state index contributed by atoms with van der Waals surface area (Å²) in [5.41, 5.74) is 0.705. The van der Waals surface area contributed by atoms with Gasteiger partial charge in [0.25, 0.3) is 5.91 Å². The van der Waals surface area contributed by atoms with Gasteiger partial charge >= 0.3 is 0 Å². The largest absolute Gasteiger partial charge is 0.375 e. The minimum Gasteiger partial charge on any atom is -0.375 e. The summed E-state index contributed by atoms with van der Waals surface area (Å²) < 4.78 is 2.70. The Labute approximate surface area is 184 Å². The number of aromatic nitrogens is 1. The third-order valence-corrected chi connectivity index (χ3v) is 6.03. The van der Waals surface area contributed by atoms with Crippen molar-refractivity contribution in [3.05, 3.63) is 82.6 Å². The van der Waals surface area contributed by atoms with Crippen molar-refractivity contribution in [2.45, 2.75) is 31.8 Å². The van der Waals surface area contributed by atoms with Crippen molar-refractivity contribution in [1.82, 2.24) is 4.57 Å². The molecule has 1 aromatic heterocycles. The minimum absolute atomic E-state index is 0.270. The highest BCUT2D eigenvalue weighted by molar-refractivity contribution is 9.10. The van der Waals surface area contributed by atoms with Crippen molar-refractivity contribution in [3.63, 3.8) is 0 Å². The van der Waals surface area contributed by atoms with E-state index in [2.05, 4.69) is 22.9 Å². The molecule has 1 N–H and O–H groups in total. The van der Waals surface area contributed by atoms with E-state index in [1.807, 2.05) is 53.4 Å². The van der Waals surface area contributed by atoms with Crippen molar-refractivity contribution >= 4 is 33.3 Å². The zero-order valence-electron chi connectivity index (χ0n) is 16.7. The second-order valence-electron chi connectivity index (χ2n) is 7.57. The maximum Gasteiger partial charge on any atom is 0.264 e. The number of unbranched alkanes of at least 4 members (excludes halogenated alkanes) is 1. The lowest BCUT2D eigenvalue weighted by atomic mass is 9.88. The molecule has 6 heteroatoms. The molecular weight excluding hydrogens is 444 g/mol. The van der Waals surface area contributed by atoms with E-state index < -0.39 is 11.5 Å². The number of Topliss-reactive ketones (excluding diaryl/α,β-unsaturated/α-hetero) is 1. The van der Waals surface area contributed by atoms with Gasteiger partial charge in [0.05, 0.1) is 12.1 Å². The van der Waals surface area contributed by atoms with Crippen LogP contribution in [0.1, 0.15) is 42.1 Å². The molecule has 0 saturated carbocycles. The maximum atomic E-state index is 13.2. The van der Waals surface area contributed by atoms with Gasteiger partial charge in [-0.05, 0) is 61.0 Å². The topological polar surface area (TPSA) is 62.5 Å². The first-order chi connectivity index (χ1) is 14.4. The third-order valence-electron chi connectivity index (χ3n) is 5.54.